The van der Waals surface area contributed by atoms with Gasteiger partial charge in [-0.25, -0.2) is 14.3 Å². The number of imidazole rings is 1. The highest BCUT2D eigenvalue weighted by molar-refractivity contribution is 5.70. The highest BCUT2D eigenvalue weighted by Gasteiger charge is 2.12. The van der Waals surface area contributed by atoms with Crippen molar-refractivity contribution in [1.29, 1.82) is 0 Å². The van der Waals surface area contributed by atoms with Crippen LogP contribution in [0.5, 0.6) is 0 Å². The highest BCUT2D eigenvalue weighted by atomic mass is 16.2. The van der Waals surface area contributed by atoms with Crippen LogP contribution in [0.15, 0.2) is 22.5 Å². The minimum absolute atomic E-state index is 0.380. The van der Waals surface area contributed by atoms with Gasteiger partial charge in [-0.1, -0.05) is 6.58 Å². The summed E-state index contributed by atoms with van der Waals surface area (Å²) in [5.74, 6) is 0. The molecule has 6 nitrogen and oxygen atoms in total. The minimum Gasteiger partial charge on any atom is -0.328 e. The second kappa shape index (κ2) is 2.94. The molecule has 0 unspecified atom stereocenters. The van der Waals surface area contributed by atoms with E-state index in [1.54, 1.807) is 18.7 Å². The second-order valence-corrected chi connectivity index (χ2v) is 3.23. The van der Waals surface area contributed by atoms with Gasteiger partial charge in [0, 0.05) is 20.3 Å². The van der Waals surface area contributed by atoms with E-state index in [4.69, 9.17) is 0 Å². The fourth-order valence-electron chi connectivity index (χ4n) is 1.52. The van der Waals surface area contributed by atoms with Crippen molar-refractivity contribution < 1.29 is 0 Å². The smallest absolute Gasteiger partial charge is 0.328 e. The Hall–Kier alpha value is -2.11. The Morgan fingerprint density at radius 2 is 2.07 bits per heavy atom. The van der Waals surface area contributed by atoms with Crippen LogP contribution in [-0.4, -0.2) is 18.7 Å². The lowest BCUT2D eigenvalue weighted by atomic mass is 10.5. The zero-order valence-electron chi connectivity index (χ0n) is 8.47. The highest BCUT2D eigenvalue weighted by Crippen LogP contribution is 2.02. The summed E-state index contributed by atoms with van der Waals surface area (Å²) in [6.07, 6.45) is 2.70. The molecule has 0 aliphatic rings. The lowest BCUT2D eigenvalue weighted by molar-refractivity contribution is 0.783. The van der Waals surface area contributed by atoms with Crippen molar-refractivity contribution in [3.05, 3.63) is 33.7 Å². The molecule has 0 N–H and O–H groups in total. The molecule has 0 bridgehead atoms. The average molecular weight is 206 g/mol. The van der Waals surface area contributed by atoms with E-state index < -0.39 is 11.2 Å². The van der Waals surface area contributed by atoms with Crippen molar-refractivity contribution >= 4 is 17.4 Å². The first-order chi connectivity index (χ1) is 7.07. The van der Waals surface area contributed by atoms with Crippen molar-refractivity contribution in [3.8, 4) is 0 Å². The van der Waals surface area contributed by atoms with Gasteiger partial charge in [0.2, 0.25) is 0 Å². The zero-order chi connectivity index (χ0) is 11.2. The Balaban J connectivity index is 3.20. The maximum atomic E-state index is 11.8. The van der Waals surface area contributed by atoms with Crippen LogP contribution in [0.1, 0.15) is 0 Å². The van der Waals surface area contributed by atoms with E-state index in [1.807, 2.05) is 0 Å². The van der Waals surface area contributed by atoms with Crippen LogP contribution in [0.2, 0.25) is 0 Å². The molecule has 15 heavy (non-hydrogen) atoms. The Kier molecular flexibility index (Phi) is 1.85. The van der Waals surface area contributed by atoms with Gasteiger partial charge in [0.05, 0.1) is 6.33 Å². The molecule has 0 spiro atoms. The van der Waals surface area contributed by atoms with Gasteiger partial charge in [-0.2, -0.15) is 0 Å². The molecule has 0 fully saturated rings. The first-order valence-corrected chi connectivity index (χ1v) is 4.33. The summed E-state index contributed by atoms with van der Waals surface area (Å²) in [6, 6.07) is 0. The number of rotatable bonds is 1. The van der Waals surface area contributed by atoms with Crippen molar-refractivity contribution in [2.45, 2.75) is 0 Å². The molecule has 78 valence electrons. The molecular formula is C9H10N4O2. The third-order valence-electron chi connectivity index (χ3n) is 2.33. The Morgan fingerprint density at radius 3 is 2.67 bits per heavy atom. The predicted molar refractivity (Wildman–Crippen MR) is 56.6 cm³/mol. The molecule has 0 aliphatic carbocycles. The SMILES string of the molecule is C=Cn1c(=O)c2c(ncn2C)n(C)c1=O. The van der Waals surface area contributed by atoms with Crippen LogP contribution in [0.25, 0.3) is 17.4 Å². The van der Waals surface area contributed by atoms with Gasteiger partial charge in [-0.15, -0.1) is 0 Å². The molecule has 2 heterocycles. The molecule has 0 saturated carbocycles. The summed E-state index contributed by atoms with van der Waals surface area (Å²) in [5.41, 5.74) is -0.0769. The van der Waals surface area contributed by atoms with Gasteiger partial charge in [0.25, 0.3) is 5.56 Å². The van der Waals surface area contributed by atoms with Crippen molar-refractivity contribution in [2.24, 2.45) is 14.1 Å². The van der Waals surface area contributed by atoms with Gasteiger partial charge >= 0.3 is 5.69 Å². The van der Waals surface area contributed by atoms with E-state index in [1.165, 1.54) is 17.1 Å². The molecule has 2 rings (SSSR count). The lowest BCUT2D eigenvalue weighted by Gasteiger charge is -2.03. The molecule has 2 aromatic rings. The van der Waals surface area contributed by atoms with Crippen molar-refractivity contribution in [2.75, 3.05) is 0 Å². The van der Waals surface area contributed by atoms with Crippen LogP contribution in [0, 0.1) is 0 Å². The van der Waals surface area contributed by atoms with Gasteiger partial charge in [0.15, 0.2) is 11.2 Å². The maximum Gasteiger partial charge on any atom is 0.336 e. The molecule has 6 heteroatoms. The van der Waals surface area contributed by atoms with E-state index in [9.17, 15) is 9.59 Å². The second-order valence-electron chi connectivity index (χ2n) is 3.23. The van der Waals surface area contributed by atoms with Gasteiger partial charge in [-0.05, 0) is 0 Å². The topological polar surface area (TPSA) is 61.8 Å². The van der Waals surface area contributed by atoms with Gasteiger partial charge in [-0.3, -0.25) is 9.36 Å². The Bertz CT molecular complexity index is 659. The average Bonchev–Trinajstić information content (AvgIpc) is 2.58. The van der Waals surface area contributed by atoms with E-state index in [0.717, 1.165) is 4.57 Å². The fourth-order valence-corrected chi connectivity index (χ4v) is 1.52. The monoisotopic (exact) mass is 206 g/mol. The summed E-state index contributed by atoms with van der Waals surface area (Å²) >= 11 is 0. The first kappa shape index (κ1) is 9.45. The van der Waals surface area contributed by atoms with Crippen molar-refractivity contribution in [3.63, 3.8) is 0 Å². The van der Waals surface area contributed by atoms with Crippen LogP contribution >= 0.6 is 0 Å². The summed E-state index contributed by atoms with van der Waals surface area (Å²) in [7, 11) is 3.27. The number of nitrogens with zero attached hydrogens (tertiary/aromatic N) is 4. The molecule has 0 atom stereocenters. The van der Waals surface area contributed by atoms with Crippen molar-refractivity contribution in [1.82, 2.24) is 18.7 Å². The lowest BCUT2D eigenvalue weighted by Crippen LogP contribution is -2.36. The van der Waals surface area contributed by atoms with E-state index in [-0.39, 0.29) is 0 Å². The number of hydrogen-bond donors (Lipinski definition) is 0. The number of fused-ring (bicyclic) bond motifs is 1. The summed E-state index contributed by atoms with van der Waals surface area (Å²) in [4.78, 5) is 27.5. The molecule has 0 amide bonds. The zero-order valence-corrected chi connectivity index (χ0v) is 8.47. The molecule has 0 saturated heterocycles. The van der Waals surface area contributed by atoms with Crippen LogP contribution in [0.3, 0.4) is 0 Å². The molecular weight excluding hydrogens is 196 g/mol. The standard InChI is InChI=1S/C9H10N4O2/c1-4-13-8(14)6-7(10-5-11(6)2)12(3)9(13)15/h4-5H,1H2,2-3H3. The normalized spacial score (nSPS) is 10.8. The van der Waals surface area contributed by atoms with E-state index in [2.05, 4.69) is 11.6 Å². The molecule has 0 aromatic carbocycles. The quantitative estimate of drug-likeness (QED) is 0.634. The van der Waals surface area contributed by atoms with Crippen LogP contribution in [0.4, 0.5) is 0 Å². The van der Waals surface area contributed by atoms with Gasteiger partial charge < -0.3 is 4.57 Å². The largest absolute Gasteiger partial charge is 0.336 e. The third kappa shape index (κ3) is 1.08. The van der Waals surface area contributed by atoms with E-state index in [0.29, 0.717) is 11.2 Å². The maximum absolute atomic E-state index is 11.8. The Labute approximate surface area is 84.7 Å². The van der Waals surface area contributed by atoms with Crippen LogP contribution < -0.4 is 11.2 Å². The fraction of sp³-hybridized carbons (Fsp3) is 0.222. The van der Waals surface area contributed by atoms with E-state index >= 15 is 0 Å². The molecule has 0 aliphatic heterocycles. The third-order valence-corrected chi connectivity index (χ3v) is 2.33. The summed E-state index contributed by atoms with van der Waals surface area (Å²) < 4.78 is 3.86. The number of aryl methyl sites for hydroxylation is 2. The molecule has 2 aromatic heterocycles. The Morgan fingerprint density at radius 1 is 1.40 bits per heavy atom. The molecule has 0 radical (unpaired) electrons. The minimum atomic E-state index is -0.443. The summed E-state index contributed by atoms with van der Waals surface area (Å²) in [6.45, 7) is 3.43. The number of aromatic nitrogens is 4. The predicted octanol–water partition coefficient (Wildman–Crippen LogP) is -0.466. The number of hydrogen-bond acceptors (Lipinski definition) is 3. The van der Waals surface area contributed by atoms with Gasteiger partial charge in [0.1, 0.15) is 0 Å². The van der Waals surface area contributed by atoms with Crippen LogP contribution in [-0.2, 0) is 14.1 Å². The first-order valence-electron chi connectivity index (χ1n) is 4.33. The summed E-state index contributed by atoms with van der Waals surface area (Å²) in [5, 5.41) is 0.